The minimum atomic E-state index is 0.0180. The third kappa shape index (κ3) is 3.46. The van der Waals surface area contributed by atoms with Gasteiger partial charge in [0, 0.05) is 34.1 Å². The fraction of sp³-hybridized carbons (Fsp3) is 0. The van der Waals surface area contributed by atoms with Crippen LogP contribution in [0.5, 0.6) is 34.5 Å². The van der Waals surface area contributed by atoms with Gasteiger partial charge in [0.15, 0.2) is 11.5 Å². The Morgan fingerprint density at radius 1 is 0.438 bits per heavy atom. The summed E-state index contributed by atoms with van der Waals surface area (Å²) in [6.45, 7) is 0.0180. The number of hydrogen-bond acceptors (Lipinski definition) is 4. The van der Waals surface area contributed by atoms with E-state index in [1.165, 1.54) is 5.39 Å². The first-order chi connectivity index (χ1) is 23.8. The molecular formula is C42H25BN2O3. The van der Waals surface area contributed by atoms with Crippen molar-refractivity contribution in [3.63, 3.8) is 0 Å². The first-order valence-electron chi connectivity index (χ1n) is 16.2. The minimum Gasteiger partial charge on any atom is -0.458 e. The Kier molecular flexibility index (Phi) is 5.13. The molecule has 5 nitrogen and oxygen atoms in total. The van der Waals surface area contributed by atoms with Gasteiger partial charge in [-0.05, 0) is 65.5 Å². The highest BCUT2D eigenvalue weighted by Crippen LogP contribution is 2.55. The number of benzene rings is 7. The summed E-state index contributed by atoms with van der Waals surface area (Å²) in [6, 6.07) is 52.7. The fourth-order valence-electron chi connectivity index (χ4n) is 7.89. The topological polar surface area (TPSA) is 35.9 Å². The van der Waals surface area contributed by atoms with Crippen LogP contribution in [0, 0.1) is 0 Å². The average Bonchev–Trinajstić information content (AvgIpc) is 3.49. The number of anilines is 3. The molecule has 0 amide bonds. The van der Waals surface area contributed by atoms with E-state index in [0.717, 1.165) is 90.1 Å². The molecule has 6 heteroatoms. The van der Waals surface area contributed by atoms with Gasteiger partial charge in [-0.15, -0.1) is 0 Å². The lowest BCUT2D eigenvalue weighted by Crippen LogP contribution is -2.57. The standard InChI is InChI=1S/C42H25BN2O3/c1-2-12-26(13-3-1)45-32-17-7-4-14-28(32)29-22-23-34-42(41(29)45)48-37-21-11-8-18-33(37)44(34)27-24-38-40-39(25-27)47-36-20-10-6-16-31(36)43(40)30-15-5-9-19-35(30)46-38/h1-25H. The van der Waals surface area contributed by atoms with Crippen LogP contribution in [-0.4, -0.2) is 11.3 Å². The summed E-state index contributed by atoms with van der Waals surface area (Å²) in [4.78, 5) is 2.28. The molecule has 0 spiro atoms. The summed E-state index contributed by atoms with van der Waals surface area (Å²) in [5.74, 6) is 4.91. The van der Waals surface area contributed by atoms with E-state index in [9.17, 15) is 0 Å². The predicted molar refractivity (Wildman–Crippen MR) is 193 cm³/mol. The fourth-order valence-corrected chi connectivity index (χ4v) is 7.89. The first-order valence-corrected chi connectivity index (χ1v) is 16.2. The van der Waals surface area contributed by atoms with Crippen LogP contribution in [-0.2, 0) is 0 Å². The van der Waals surface area contributed by atoms with Gasteiger partial charge in [-0.1, -0.05) is 84.9 Å². The van der Waals surface area contributed by atoms with Crippen molar-refractivity contribution in [1.82, 2.24) is 4.57 Å². The van der Waals surface area contributed by atoms with Gasteiger partial charge in [-0.25, -0.2) is 0 Å². The summed E-state index contributed by atoms with van der Waals surface area (Å²) < 4.78 is 22.6. The molecule has 11 rings (SSSR count). The third-order valence-corrected chi connectivity index (χ3v) is 9.88. The summed E-state index contributed by atoms with van der Waals surface area (Å²) in [7, 11) is 0. The maximum Gasteiger partial charge on any atom is 0.260 e. The van der Waals surface area contributed by atoms with E-state index in [0.29, 0.717) is 0 Å². The molecule has 0 saturated heterocycles. The maximum atomic E-state index is 6.90. The Morgan fingerprint density at radius 2 is 1.06 bits per heavy atom. The second-order valence-corrected chi connectivity index (χ2v) is 12.5. The normalized spacial score (nSPS) is 13.4. The molecule has 0 fully saturated rings. The molecule has 1 aromatic heterocycles. The SMILES string of the molecule is c1ccc(-n2c3ccccc3c3ccc4c(c32)Oc2ccccc2N4c2cc3c4c(c2)Oc2ccccc2B4c2ccccc2O3)cc1. The van der Waals surface area contributed by atoms with Crippen molar-refractivity contribution < 1.29 is 14.2 Å². The van der Waals surface area contributed by atoms with Crippen LogP contribution in [0.15, 0.2) is 152 Å². The van der Waals surface area contributed by atoms with E-state index in [4.69, 9.17) is 14.2 Å². The summed E-state index contributed by atoms with van der Waals surface area (Å²) in [5.41, 5.74) is 9.40. The van der Waals surface area contributed by atoms with E-state index in [1.807, 2.05) is 24.3 Å². The molecule has 0 atom stereocenters. The van der Waals surface area contributed by atoms with Crippen LogP contribution in [0.2, 0.25) is 0 Å². The summed E-state index contributed by atoms with van der Waals surface area (Å²) >= 11 is 0. The van der Waals surface area contributed by atoms with Gasteiger partial charge in [0.2, 0.25) is 0 Å². The van der Waals surface area contributed by atoms with E-state index in [-0.39, 0.29) is 6.71 Å². The zero-order valence-corrected chi connectivity index (χ0v) is 25.6. The monoisotopic (exact) mass is 616 g/mol. The highest BCUT2D eigenvalue weighted by molar-refractivity contribution is 6.98. The number of nitrogens with zero attached hydrogens (tertiary/aromatic N) is 2. The van der Waals surface area contributed by atoms with Gasteiger partial charge in [-0.2, -0.15) is 0 Å². The van der Waals surface area contributed by atoms with Gasteiger partial charge >= 0.3 is 0 Å². The largest absolute Gasteiger partial charge is 0.458 e. The van der Waals surface area contributed by atoms with Crippen molar-refractivity contribution in [3.8, 4) is 40.2 Å². The van der Waals surface area contributed by atoms with Crippen molar-refractivity contribution in [3.05, 3.63) is 152 Å². The smallest absolute Gasteiger partial charge is 0.260 e. The lowest BCUT2D eigenvalue weighted by atomic mass is 9.35. The summed E-state index contributed by atoms with van der Waals surface area (Å²) in [6.07, 6.45) is 0. The summed E-state index contributed by atoms with van der Waals surface area (Å²) in [5, 5.41) is 2.31. The van der Waals surface area contributed by atoms with Crippen molar-refractivity contribution in [2.45, 2.75) is 0 Å². The van der Waals surface area contributed by atoms with Crippen molar-refractivity contribution in [1.29, 1.82) is 0 Å². The molecular weight excluding hydrogens is 591 g/mol. The predicted octanol–water partition coefficient (Wildman–Crippen LogP) is 9.09. The van der Waals surface area contributed by atoms with Gasteiger partial charge in [0.25, 0.3) is 6.71 Å². The highest BCUT2D eigenvalue weighted by atomic mass is 16.5. The number of aromatic nitrogens is 1. The molecule has 3 aliphatic heterocycles. The van der Waals surface area contributed by atoms with Crippen molar-refractivity contribution in [2.24, 2.45) is 0 Å². The van der Waals surface area contributed by atoms with E-state index >= 15 is 0 Å². The van der Waals surface area contributed by atoms with Crippen molar-refractivity contribution in [2.75, 3.05) is 4.90 Å². The lowest BCUT2D eigenvalue weighted by molar-refractivity contribution is 0.464. The minimum absolute atomic E-state index is 0.0180. The number of ether oxygens (including phenoxy) is 3. The number of hydrogen-bond donors (Lipinski definition) is 0. The van der Waals surface area contributed by atoms with Crippen LogP contribution in [0.3, 0.4) is 0 Å². The van der Waals surface area contributed by atoms with Crippen molar-refractivity contribution >= 4 is 62.0 Å². The molecule has 0 aliphatic carbocycles. The Bertz CT molecular complexity index is 2560. The molecule has 48 heavy (non-hydrogen) atoms. The molecule has 4 heterocycles. The van der Waals surface area contributed by atoms with Crippen LogP contribution in [0.25, 0.3) is 27.5 Å². The van der Waals surface area contributed by atoms with E-state index < -0.39 is 0 Å². The zero-order valence-electron chi connectivity index (χ0n) is 25.6. The number of rotatable bonds is 2. The van der Waals surface area contributed by atoms with Crippen LogP contribution < -0.4 is 35.5 Å². The Hall–Kier alpha value is -6.40. The molecule has 0 N–H and O–H groups in total. The van der Waals surface area contributed by atoms with Gasteiger partial charge < -0.3 is 23.7 Å². The zero-order chi connectivity index (χ0) is 31.3. The quantitative estimate of drug-likeness (QED) is 0.182. The van der Waals surface area contributed by atoms with Gasteiger partial charge in [0.1, 0.15) is 23.0 Å². The third-order valence-electron chi connectivity index (χ3n) is 9.88. The van der Waals surface area contributed by atoms with Crippen LogP contribution in [0.1, 0.15) is 0 Å². The van der Waals surface area contributed by atoms with Gasteiger partial charge in [-0.3, -0.25) is 0 Å². The molecule has 0 unspecified atom stereocenters. The second-order valence-electron chi connectivity index (χ2n) is 12.5. The molecule has 0 radical (unpaired) electrons. The molecule has 0 bridgehead atoms. The Balaban J connectivity index is 1.19. The lowest BCUT2D eigenvalue weighted by Gasteiger charge is -2.36. The molecule has 0 saturated carbocycles. The molecule has 7 aromatic carbocycles. The second kappa shape index (κ2) is 9.56. The average molecular weight is 616 g/mol. The number of fused-ring (bicyclic) bond motifs is 10. The molecule has 8 aromatic rings. The molecule has 224 valence electrons. The highest BCUT2D eigenvalue weighted by Gasteiger charge is 2.41. The van der Waals surface area contributed by atoms with Gasteiger partial charge in [0.05, 0.1) is 28.1 Å². The first kappa shape index (κ1) is 25.8. The van der Waals surface area contributed by atoms with Crippen LogP contribution >= 0.6 is 0 Å². The molecule has 3 aliphatic rings. The van der Waals surface area contributed by atoms with E-state index in [2.05, 4.69) is 137 Å². The van der Waals surface area contributed by atoms with E-state index in [1.54, 1.807) is 0 Å². The maximum absolute atomic E-state index is 6.90. The number of para-hydroxylation sites is 6. The Morgan fingerprint density at radius 3 is 1.81 bits per heavy atom. The Labute approximate surface area is 276 Å². The van der Waals surface area contributed by atoms with Crippen LogP contribution in [0.4, 0.5) is 17.1 Å².